The molecule has 1 aliphatic carbocycles. The summed E-state index contributed by atoms with van der Waals surface area (Å²) in [7, 11) is 0. The third-order valence-electron chi connectivity index (χ3n) is 4.12. The molecular weight excluding hydrogens is 188 g/mol. The van der Waals surface area contributed by atoms with Gasteiger partial charge in [0.2, 0.25) is 0 Å². The van der Waals surface area contributed by atoms with Crippen LogP contribution in [0.1, 0.15) is 65.2 Å². The summed E-state index contributed by atoms with van der Waals surface area (Å²) in [4.78, 5) is 0. The summed E-state index contributed by atoms with van der Waals surface area (Å²) >= 11 is 0. The molecule has 0 bridgehead atoms. The Kier molecular flexibility index (Phi) is 5.07. The Hall–Kier alpha value is -0.0800. The van der Waals surface area contributed by atoms with Crippen molar-refractivity contribution in [2.24, 2.45) is 5.92 Å². The van der Waals surface area contributed by atoms with E-state index in [0.717, 1.165) is 12.8 Å². The van der Waals surface area contributed by atoms with Crippen molar-refractivity contribution in [1.29, 1.82) is 0 Å². The molecule has 1 fully saturated rings. The van der Waals surface area contributed by atoms with Crippen molar-refractivity contribution in [3.63, 3.8) is 0 Å². The first-order chi connectivity index (χ1) is 7.14. The van der Waals surface area contributed by atoms with E-state index in [2.05, 4.69) is 0 Å². The highest BCUT2D eigenvalue weighted by atomic mass is 16.3. The second-order valence-electron chi connectivity index (χ2n) is 5.01. The van der Waals surface area contributed by atoms with Gasteiger partial charge >= 0.3 is 0 Å². The van der Waals surface area contributed by atoms with Crippen molar-refractivity contribution in [2.45, 2.75) is 76.9 Å². The minimum atomic E-state index is -0.852. The SMILES string of the molecule is CCC(O)(CC)C(O)C1CCCCCC1. The van der Waals surface area contributed by atoms with E-state index >= 15 is 0 Å². The molecule has 0 radical (unpaired) electrons. The fraction of sp³-hybridized carbons (Fsp3) is 1.00. The summed E-state index contributed by atoms with van der Waals surface area (Å²) < 4.78 is 0. The predicted octanol–water partition coefficient (Wildman–Crippen LogP) is 2.87. The van der Waals surface area contributed by atoms with E-state index in [1.807, 2.05) is 13.8 Å². The second kappa shape index (κ2) is 5.86. The topological polar surface area (TPSA) is 40.5 Å². The van der Waals surface area contributed by atoms with Crippen molar-refractivity contribution >= 4 is 0 Å². The van der Waals surface area contributed by atoms with Gasteiger partial charge in [-0.3, -0.25) is 0 Å². The molecule has 1 aliphatic rings. The lowest BCUT2D eigenvalue weighted by molar-refractivity contribution is -0.107. The Morgan fingerprint density at radius 1 is 1.07 bits per heavy atom. The lowest BCUT2D eigenvalue weighted by Crippen LogP contribution is -2.45. The van der Waals surface area contributed by atoms with Gasteiger partial charge in [-0.1, -0.05) is 39.5 Å². The quantitative estimate of drug-likeness (QED) is 0.706. The predicted molar refractivity (Wildman–Crippen MR) is 62.7 cm³/mol. The molecule has 1 unspecified atom stereocenters. The van der Waals surface area contributed by atoms with Crippen LogP contribution in [0.25, 0.3) is 0 Å². The molecule has 0 spiro atoms. The van der Waals surface area contributed by atoms with E-state index in [0.29, 0.717) is 18.8 Å². The molecule has 1 rings (SSSR count). The highest BCUT2D eigenvalue weighted by Gasteiger charge is 2.37. The van der Waals surface area contributed by atoms with Crippen LogP contribution in [0.5, 0.6) is 0 Å². The van der Waals surface area contributed by atoms with Gasteiger partial charge in [-0.15, -0.1) is 0 Å². The zero-order valence-corrected chi connectivity index (χ0v) is 10.2. The van der Waals surface area contributed by atoms with Crippen LogP contribution in [0.2, 0.25) is 0 Å². The summed E-state index contributed by atoms with van der Waals surface area (Å²) in [6, 6.07) is 0. The van der Waals surface area contributed by atoms with Gasteiger partial charge in [0.1, 0.15) is 0 Å². The van der Waals surface area contributed by atoms with E-state index in [4.69, 9.17) is 0 Å². The molecule has 1 saturated carbocycles. The Morgan fingerprint density at radius 3 is 1.93 bits per heavy atom. The zero-order valence-electron chi connectivity index (χ0n) is 10.2. The molecule has 15 heavy (non-hydrogen) atoms. The van der Waals surface area contributed by atoms with Gasteiger partial charge in [-0.05, 0) is 31.6 Å². The standard InChI is InChI=1S/C13H26O2/c1-3-13(15,4-2)12(14)11-9-7-5-6-8-10-11/h11-12,14-15H,3-10H2,1-2H3. The maximum atomic E-state index is 10.3. The fourth-order valence-electron chi connectivity index (χ4n) is 2.73. The molecular formula is C13H26O2. The molecule has 0 amide bonds. The number of rotatable bonds is 4. The molecule has 2 nitrogen and oxygen atoms in total. The Bertz CT molecular complexity index is 167. The van der Waals surface area contributed by atoms with Gasteiger partial charge in [-0.2, -0.15) is 0 Å². The molecule has 0 aromatic rings. The molecule has 0 aliphatic heterocycles. The third-order valence-corrected chi connectivity index (χ3v) is 4.12. The minimum absolute atomic E-state index is 0.317. The molecule has 1 atom stereocenters. The molecule has 2 N–H and O–H groups in total. The average molecular weight is 214 g/mol. The smallest absolute Gasteiger partial charge is 0.0902 e. The van der Waals surface area contributed by atoms with Gasteiger partial charge in [0.25, 0.3) is 0 Å². The first kappa shape index (κ1) is 13.0. The first-order valence-corrected chi connectivity index (χ1v) is 6.54. The molecule has 2 heteroatoms. The van der Waals surface area contributed by atoms with Crippen LogP contribution in [0.3, 0.4) is 0 Å². The fourth-order valence-corrected chi connectivity index (χ4v) is 2.73. The second-order valence-corrected chi connectivity index (χ2v) is 5.01. The van der Waals surface area contributed by atoms with Crippen LogP contribution in [0.15, 0.2) is 0 Å². The highest BCUT2D eigenvalue weighted by molar-refractivity contribution is 4.89. The number of aliphatic hydroxyl groups is 2. The summed E-state index contributed by atoms with van der Waals surface area (Å²) in [6.45, 7) is 3.92. The maximum absolute atomic E-state index is 10.3. The number of hydrogen-bond donors (Lipinski definition) is 2. The van der Waals surface area contributed by atoms with Gasteiger partial charge < -0.3 is 10.2 Å². The lowest BCUT2D eigenvalue weighted by Gasteiger charge is -2.36. The number of hydrogen-bond acceptors (Lipinski definition) is 2. The normalized spacial score (nSPS) is 22.4. The molecule has 0 aromatic heterocycles. The van der Waals surface area contributed by atoms with Crippen molar-refractivity contribution in [3.05, 3.63) is 0 Å². The molecule has 90 valence electrons. The van der Waals surface area contributed by atoms with Crippen molar-refractivity contribution in [3.8, 4) is 0 Å². The van der Waals surface area contributed by atoms with Crippen LogP contribution in [0.4, 0.5) is 0 Å². The first-order valence-electron chi connectivity index (χ1n) is 6.54. The Morgan fingerprint density at radius 2 is 1.53 bits per heavy atom. The summed E-state index contributed by atoms with van der Waals surface area (Å²) in [6.07, 6.45) is 7.97. The van der Waals surface area contributed by atoms with Gasteiger partial charge in [0.15, 0.2) is 0 Å². The molecule has 0 aromatic carbocycles. The zero-order chi connectivity index (χ0) is 11.3. The lowest BCUT2D eigenvalue weighted by atomic mass is 9.80. The molecule has 0 heterocycles. The average Bonchev–Trinajstić information content (AvgIpc) is 2.55. The van der Waals surface area contributed by atoms with Gasteiger partial charge in [0.05, 0.1) is 11.7 Å². The summed E-state index contributed by atoms with van der Waals surface area (Å²) in [5.74, 6) is 0.317. The van der Waals surface area contributed by atoms with E-state index in [-0.39, 0.29) is 0 Å². The van der Waals surface area contributed by atoms with E-state index < -0.39 is 11.7 Å². The monoisotopic (exact) mass is 214 g/mol. The summed E-state index contributed by atoms with van der Waals surface area (Å²) in [5.41, 5.74) is -0.852. The van der Waals surface area contributed by atoms with Crippen LogP contribution < -0.4 is 0 Å². The van der Waals surface area contributed by atoms with E-state index in [1.165, 1.54) is 25.7 Å². The van der Waals surface area contributed by atoms with Crippen molar-refractivity contribution in [1.82, 2.24) is 0 Å². The third kappa shape index (κ3) is 3.18. The van der Waals surface area contributed by atoms with Crippen LogP contribution in [-0.4, -0.2) is 21.9 Å². The van der Waals surface area contributed by atoms with Crippen molar-refractivity contribution < 1.29 is 10.2 Å². The maximum Gasteiger partial charge on any atom is 0.0902 e. The van der Waals surface area contributed by atoms with Crippen LogP contribution in [0, 0.1) is 5.92 Å². The molecule has 0 saturated heterocycles. The van der Waals surface area contributed by atoms with Gasteiger partial charge in [-0.25, -0.2) is 0 Å². The van der Waals surface area contributed by atoms with Crippen LogP contribution >= 0.6 is 0 Å². The van der Waals surface area contributed by atoms with Crippen molar-refractivity contribution in [2.75, 3.05) is 0 Å². The summed E-state index contributed by atoms with van der Waals surface area (Å²) in [5, 5.41) is 20.6. The van der Waals surface area contributed by atoms with E-state index in [1.54, 1.807) is 0 Å². The Balaban J connectivity index is 2.59. The van der Waals surface area contributed by atoms with E-state index in [9.17, 15) is 10.2 Å². The number of aliphatic hydroxyl groups excluding tert-OH is 1. The largest absolute Gasteiger partial charge is 0.390 e. The van der Waals surface area contributed by atoms with Gasteiger partial charge in [0, 0.05) is 0 Å². The Labute approximate surface area is 93.7 Å². The highest BCUT2D eigenvalue weighted by Crippen LogP contribution is 2.33. The minimum Gasteiger partial charge on any atom is -0.390 e. The van der Waals surface area contributed by atoms with Crippen LogP contribution in [-0.2, 0) is 0 Å².